The van der Waals surface area contributed by atoms with E-state index < -0.39 is 0 Å². The molecular weight excluding hydrogens is 358 g/mol. The second kappa shape index (κ2) is 13.6. The summed E-state index contributed by atoms with van der Waals surface area (Å²) in [6.45, 7) is 18.2. The van der Waals surface area contributed by atoms with E-state index in [9.17, 15) is 0 Å². The minimum Gasteiger partial charge on any atom is -0.255 e. The topological polar surface area (TPSA) is 12.4 Å². The minimum absolute atomic E-state index is 0.844. The van der Waals surface area contributed by atoms with Crippen molar-refractivity contribution < 1.29 is 0 Å². The lowest BCUT2D eigenvalue weighted by molar-refractivity contribution is 1.04. The highest BCUT2D eigenvalue weighted by atomic mass is 32.2. The summed E-state index contributed by atoms with van der Waals surface area (Å²) < 4.78 is 0. The highest BCUT2D eigenvalue weighted by molar-refractivity contribution is 8.07. The standard InChI is InChI=1S/C26H31NS/c1-7-9-10-11-14-19-27-26(24(6)28-23(5)8-2)25-18-17-21(3)15-12-13-16-22(4)20-25/h7-9,12-20H,2,5-6,10-11H2,1,3-4H3/b9-7-,13-12?,15-12?,16-13?,18-17?,19-14-,21-15?,21-17?,22-16?,22-20?,25-18?,25-20?,27-26?. The van der Waals surface area contributed by atoms with Crippen molar-refractivity contribution in [1.29, 1.82) is 0 Å². The Morgan fingerprint density at radius 2 is 1.68 bits per heavy atom. The molecule has 28 heavy (non-hydrogen) atoms. The third kappa shape index (κ3) is 9.38. The molecule has 0 saturated heterocycles. The zero-order valence-corrected chi connectivity index (χ0v) is 18.1. The molecule has 0 spiro atoms. The van der Waals surface area contributed by atoms with Crippen molar-refractivity contribution in [1.82, 2.24) is 0 Å². The summed E-state index contributed by atoms with van der Waals surface area (Å²) in [5, 5.41) is 0. The molecule has 0 aliphatic heterocycles. The molecule has 0 unspecified atom stereocenters. The molecule has 1 aromatic carbocycles. The number of allylic oxidation sites excluding steroid dienone is 5. The van der Waals surface area contributed by atoms with E-state index in [-0.39, 0.29) is 0 Å². The smallest absolute Gasteiger partial charge is 0.0835 e. The van der Waals surface area contributed by atoms with Gasteiger partial charge in [0.1, 0.15) is 0 Å². The first kappa shape index (κ1) is 23.5. The van der Waals surface area contributed by atoms with Gasteiger partial charge in [0.05, 0.1) is 5.71 Å². The first-order chi connectivity index (χ1) is 13.5. The molecule has 0 atom stereocenters. The molecular formula is C26H31NS. The predicted molar refractivity (Wildman–Crippen MR) is 129 cm³/mol. The molecule has 146 valence electrons. The van der Waals surface area contributed by atoms with Gasteiger partial charge in [-0.15, -0.1) is 0 Å². The van der Waals surface area contributed by atoms with Crippen molar-refractivity contribution in [3.8, 4) is 0 Å². The average Bonchev–Trinajstić information content (AvgIpc) is 2.67. The van der Waals surface area contributed by atoms with Crippen LogP contribution >= 0.6 is 11.8 Å². The van der Waals surface area contributed by atoms with Crippen LogP contribution in [-0.4, -0.2) is 5.71 Å². The Bertz CT molecular complexity index is 839. The van der Waals surface area contributed by atoms with Gasteiger partial charge in [0, 0.05) is 21.6 Å². The van der Waals surface area contributed by atoms with Crippen molar-refractivity contribution >= 4 is 17.5 Å². The van der Waals surface area contributed by atoms with Crippen molar-refractivity contribution in [2.75, 3.05) is 0 Å². The fraction of sp³-hybridized carbons (Fsp3) is 0.192. The number of hydrogen-bond acceptors (Lipinski definition) is 2. The zero-order chi connectivity index (χ0) is 20.8. The molecule has 0 heterocycles. The van der Waals surface area contributed by atoms with Gasteiger partial charge >= 0.3 is 0 Å². The molecule has 0 saturated carbocycles. The second-order valence-electron chi connectivity index (χ2n) is 6.34. The van der Waals surface area contributed by atoms with Crippen molar-refractivity contribution in [3.63, 3.8) is 0 Å². The minimum atomic E-state index is 0.844. The van der Waals surface area contributed by atoms with Gasteiger partial charge in [-0.1, -0.05) is 103 Å². The van der Waals surface area contributed by atoms with Gasteiger partial charge in [0.25, 0.3) is 0 Å². The summed E-state index contributed by atoms with van der Waals surface area (Å²) >= 11 is 1.49. The number of nitrogens with zero attached hydrogens (tertiary/aromatic N) is 1. The summed E-state index contributed by atoms with van der Waals surface area (Å²) in [7, 11) is 0. The van der Waals surface area contributed by atoms with Crippen molar-refractivity contribution in [3.05, 3.63) is 119 Å². The van der Waals surface area contributed by atoms with E-state index in [2.05, 4.69) is 82.1 Å². The van der Waals surface area contributed by atoms with Gasteiger partial charge in [0.15, 0.2) is 0 Å². The van der Waals surface area contributed by atoms with Gasteiger partial charge in [0.2, 0.25) is 0 Å². The summed E-state index contributed by atoms with van der Waals surface area (Å²) in [6, 6.07) is 14.6. The number of aliphatic imine (C=N–C) groups is 1. The normalized spacial score (nSPS) is 11.5. The number of hydrogen-bond donors (Lipinski definition) is 0. The maximum absolute atomic E-state index is 4.75. The summed E-state index contributed by atoms with van der Waals surface area (Å²) in [6.07, 6.45) is 11.9. The van der Waals surface area contributed by atoms with Crippen LogP contribution < -0.4 is 0 Å². The van der Waals surface area contributed by atoms with Crippen LogP contribution in [0.1, 0.15) is 36.5 Å². The van der Waals surface area contributed by atoms with Crippen LogP contribution in [0.2, 0.25) is 0 Å². The van der Waals surface area contributed by atoms with Crippen LogP contribution in [0, 0.1) is 13.8 Å². The van der Waals surface area contributed by atoms with E-state index in [1.165, 1.54) is 17.3 Å². The van der Waals surface area contributed by atoms with E-state index in [1.807, 2.05) is 25.3 Å². The van der Waals surface area contributed by atoms with Crippen LogP contribution in [0.25, 0.3) is 0 Å². The van der Waals surface area contributed by atoms with Crippen LogP contribution in [0.5, 0.6) is 0 Å². The summed E-state index contributed by atoms with van der Waals surface area (Å²) in [5.41, 5.74) is 4.18. The lowest BCUT2D eigenvalue weighted by Crippen LogP contribution is -2.01. The summed E-state index contributed by atoms with van der Waals surface area (Å²) in [5.74, 6) is 0. The van der Waals surface area contributed by atoms with E-state index in [0.717, 1.165) is 39.5 Å². The fourth-order valence-corrected chi connectivity index (χ4v) is 2.96. The molecule has 0 aliphatic rings. The molecule has 2 heteroatoms. The van der Waals surface area contributed by atoms with E-state index in [1.54, 1.807) is 6.08 Å². The first-order valence-electron chi connectivity index (χ1n) is 9.42. The first-order valence-corrected chi connectivity index (χ1v) is 10.2. The number of thioether (sulfide) groups is 1. The number of aryl methyl sites for hydroxylation is 2. The second-order valence-corrected chi connectivity index (χ2v) is 7.57. The third-order valence-electron chi connectivity index (χ3n) is 3.80. The Labute approximate surface area is 175 Å². The van der Waals surface area contributed by atoms with E-state index in [0.29, 0.717) is 0 Å². The van der Waals surface area contributed by atoms with Crippen LogP contribution in [0.15, 0.2) is 108 Å². The maximum atomic E-state index is 4.75. The van der Waals surface area contributed by atoms with E-state index in [4.69, 9.17) is 4.99 Å². The maximum Gasteiger partial charge on any atom is 0.0835 e. The van der Waals surface area contributed by atoms with Crippen LogP contribution in [0.4, 0.5) is 0 Å². The largest absolute Gasteiger partial charge is 0.255 e. The Balaban J connectivity index is 3.40. The quantitative estimate of drug-likeness (QED) is 0.180. The predicted octanol–water partition coefficient (Wildman–Crippen LogP) is 8.03. The highest BCUT2D eigenvalue weighted by Gasteiger charge is 2.08. The van der Waals surface area contributed by atoms with Gasteiger partial charge < -0.3 is 0 Å². The Kier molecular flexibility index (Phi) is 11.4. The molecule has 0 N–H and O–H groups in total. The van der Waals surface area contributed by atoms with Gasteiger partial charge in [-0.2, -0.15) is 0 Å². The Morgan fingerprint density at radius 1 is 1.00 bits per heavy atom. The SMILES string of the molecule is C=CC(=C)SC(=C)C(=N/C=C\CC/C=C\C)c1ccc(C)ccccc(C)c1. The molecule has 0 fully saturated rings. The lowest BCUT2D eigenvalue weighted by Gasteiger charge is -2.09. The molecule has 1 nitrogen and oxygen atoms in total. The zero-order valence-electron chi connectivity index (χ0n) is 17.3. The molecule has 1 rings (SSSR count). The van der Waals surface area contributed by atoms with Crippen molar-refractivity contribution in [2.24, 2.45) is 4.99 Å². The van der Waals surface area contributed by atoms with Crippen LogP contribution in [0.3, 0.4) is 0 Å². The monoisotopic (exact) mass is 389 g/mol. The molecule has 0 aromatic heterocycles. The van der Waals surface area contributed by atoms with Gasteiger partial charge in [-0.05, 0) is 39.7 Å². The molecule has 0 aliphatic carbocycles. The number of unbranched alkanes of at least 4 members (excludes halogenated alkanes) is 1. The van der Waals surface area contributed by atoms with E-state index >= 15 is 0 Å². The Hall–Kier alpha value is -2.58. The molecule has 0 radical (unpaired) electrons. The van der Waals surface area contributed by atoms with Crippen LogP contribution in [-0.2, 0) is 0 Å². The van der Waals surface area contributed by atoms with Crippen molar-refractivity contribution in [2.45, 2.75) is 33.6 Å². The lowest BCUT2D eigenvalue weighted by atomic mass is 10.1. The van der Waals surface area contributed by atoms with Gasteiger partial charge in [-0.25, -0.2) is 0 Å². The molecule has 0 amide bonds. The molecule has 0 bridgehead atoms. The fourth-order valence-electron chi connectivity index (χ4n) is 2.30. The highest BCUT2D eigenvalue weighted by Crippen LogP contribution is 2.27. The van der Waals surface area contributed by atoms with Gasteiger partial charge in [-0.3, -0.25) is 4.99 Å². The average molecular weight is 390 g/mol. The molecule has 1 aromatic rings. The summed E-state index contributed by atoms with van der Waals surface area (Å²) in [4.78, 5) is 6.45. The number of rotatable bonds is 9. The third-order valence-corrected chi connectivity index (χ3v) is 4.67. The Morgan fingerprint density at radius 3 is 2.36 bits per heavy atom.